The number of rotatable bonds is 0. The van der Waals surface area contributed by atoms with Crippen LogP contribution in [0.3, 0.4) is 0 Å². The Bertz CT molecular complexity index is 230. The summed E-state index contributed by atoms with van der Waals surface area (Å²) in [6, 6.07) is 0. The zero-order chi connectivity index (χ0) is 9.46. The highest BCUT2D eigenvalue weighted by atomic mass is 79.9. The number of hydrogen-bond acceptors (Lipinski definition) is 1. The third kappa shape index (κ3) is 2.14. The first-order valence-electron chi connectivity index (χ1n) is 2.67. The van der Waals surface area contributed by atoms with Crippen LogP contribution in [0.2, 0.25) is 0 Å². The summed E-state index contributed by atoms with van der Waals surface area (Å²) in [7, 11) is 0. The van der Waals surface area contributed by atoms with Crippen molar-refractivity contribution in [2.24, 2.45) is 0 Å². The molecule has 0 heterocycles. The first-order valence-corrected chi connectivity index (χ1v) is 7.08. The maximum Gasteiger partial charge on any atom is 0.0483 e. The fraction of sp³-hybridized carbons (Fsp3) is 0. The van der Waals surface area contributed by atoms with Crippen molar-refractivity contribution in [1.29, 1.82) is 0 Å². The monoisotopic (exact) mass is 500 g/mol. The lowest BCUT2D eigenvalue weighted by atomic mass is 10.4. The fourth-order valence-electron chi connectivity index (χ4n) is 0.593. The molecule has 0 radical (unpaired) electrons. The summed E-state index contributed by atoms with van der Waals surface area (Å²) >= 11 is 21.4. The van der Waals surface area contributed by atoms with Gasteiger partial charge in [0.05, 0.1) is 0 Å². The highest BCUT2D eigenvalue weighted by molar-refractivity contribution is 9.15. The lowest BCUT2D eigenvalue weighted by Gasteiger charge is -2.08. The van der Waals surface area contributed by atoms with Crippen molar-refractivity contribution in [3.63, 3.8) is 0 Å². The lowest BCUT2D eigenvalue weighted by molar-refractivity contribution is 1.29. The van der Waals surface area contributed by atoms with Gasteiger partial charge in [0.2, 0.25) is 0 Å². The molecule has 0 unspecified atom stereocenters. The molecule has 0 amide bonds. The maximum absolute atomic E-state index is 4.32. The second kappa shape index (κ2) is 4.66. The highest BCUT2D eigenvalue weighted by Crippen LogP contribution is 2.45. The third-order valence-corrected chi connectivity index (χ3v) is 8.34. The Hall–Kier alpha value is 1.97. The summed E-state index contributed by atoms with van der Waals surface area (Å²) in [6.45, 7) is 0. The summed E-state index contributed by atoms with van der Waals surface area (Å²) in [5.74, 6) is 0. The molecule has 0 spiro atoms. The van der Waals surface area contributed by atoms with Gasteiger partial charge >= 0.3 is 0 Å². The summed E-state index contributed by atoms with van der Waals surface area (Å²) in [5.41, 5.74) is 0. The van der Waals surface area contributed by atoms with Crippen molar-refractivity contribution < 1.29 is 0 Å². The highest BCUT2D eigenvalue weighted by Gasteiger charge is 2.14. The van der Waals surface area contributed by atoms with E-state index in [1.54, 1.807) is 0 Å². The minimum Gasteiger partial charge on any atom is -0.141 e. The van der Waals surface area contributed by atoms with Crippen LogP contribution >= 0.6 is 92.3 Å². The normalized spacial score (nSPS) is 10.5. The lowest BCUT2D eigenvalue weighted by Crippen LogP contribution is -1.82. The van der Waals surface area contributed by atoms with E-state index in [9.17, 15) is 0 Å². The maximum atomic E-state index is 4.32. The molecule has 1 aromatic carbocycles. The van der Waals surface area contributed by atoms with Crippen molar-refractivity contribution in [1.82, 2.24) is 0 Å². The summed E-state index contributed by atoms with van der Waals surface area (Å²) in [6.07, 6.45) is 0. The molecular formula is C6HBr5S. The SMILES string of the molecule is Sc1c(Br)c(Br)c(Br)c(Br)c1Br. The molecule has 0 aliphatic heterocycles. The minimum absolute atomic E-state index is 0.858. The Morgan fingerprint density at radius 2 is 0.833 bits per heavy atom. The number of hydrogen-bond donors (Lipinski definition) is 1. The molecule has 1 rings (SSSR count). The molecule has 0 N–H and O–H groups in total. The standard InChI is InChI=1S/C6HBr5S/c7-1-2(8)4(10)6(12)5(11)3(1)9/h12H. The third-order valence-electron chi connectivity index (χ3n) is 1.19. The van der Waals surface area contributed by atoms with Crippen molar-refractivity contribution in [3.05, 3.63) is 22.4 Å². The Morgan fingerprint density at radius 1 is 0.583 bits per heavy atom. The van der Waals surface area contributed by atoms with E-state index in [-0.39, 0.29) is 0 Å². The second-order valence-electron chi connectivity index (χ2n) is 1.92. The van der Waals surface area contributed by atoms with Gasteiger partial charge < -0.3 is 0 Å². The molecule has 0 aliphatic carbocycles. The zero-order valence-electron chi connectivity index (χ0n) is 5.34. The van der Waals surface area contributed by atoms with Crippen LogP contribution in [0.4, 0.5) is 0 Å². The van der Waals surface area contributed by atoms with E-state index in [0.29, 0.717) is 0 Å². The molecule has 0 atom stereocenters. The van der Waals surface area contributed by atoms with Gasteiger partial charge in [0.25, 0.3) is 0 Å². The Kier molecular flexibility index (Phi) is 4.68. The predicted octanol–water partition coefficient (Wildman–Crippen LogP) is 5.79. The average molecular weight is 505 g/mol. The molecule has 66 valence electrons. The van der Waals surface area contributed by atoms with E-state index >= 15 is 0 Å². The topological polar surface area (TPSA) is 0 Å². The molecule has 0 aliphatic rings. The van der Waals surface area contributed by atoms with Crippen molar-refractivity contribution in [2.75, 3.05) is 0 Å². The van der Waals surface area contributed by atoms with E-state index in [1.807, 2.05) is 0 Å². The van der Waals surface area contributed by atoms with Crippen LogP contribution in [-0.2, 0) is 0 Å². The largest absolute Gasteiger partial charge is 0.141 e. The first kappa shape index (κ1) is 12.0. The van der Waals surface area contributed by atoms with Crippen LogP contribution in [0.15, 0.2) is 27.3 Å². The molecule has 12 heavy (non-hydrogen) atoms. The van der Waals surface area contributed by atoms with Gasteiger partial charge in [-0.15, -0.1) is 12.6 Å². The average Bonchev–Trinajstić information content (AvgIpc) is 2.08. The Morgan fingerprint density at radius 3 is 1.17 bits per heavy atom. The van der Waals surface area contributed by atoms with Crippen LogP contribution in [0.25, 0.3) is 0 Å². The van der Waals surface area contributed by atoms with E-state index in [4.69, 9.17) is 0 Å². The molecule has 6 heteroatoms. The van der Waals surface area contributed by atoms with Crippen LogP contribution in [0, 0.1) is 0 Å². The molecule has 0 saturated carbocycles. The number of benzene rings is 1. The van der Waals surface area contributed by atoms with Gasteiger partial charge in [-0.2, -0.15) is 0 Å². The molecule has 0 saturated heterocycles. The van der Waals surface area contributed by atoms with Gasteiger partial charge in [-0.05, 0) is 79.6 Å². The predicted molar refractivity (Wildman–Crippen MR) is 72.2 cm³/mol. The van der Waals surface area contributed by atoms with Crippen LogP contribution in [0.1, 0.15) is 0 Å². The van der Waals surface area contributed by atoms with E-state index < -0.39 is 0 Å². The van der Waals surface area contributed by atoms with Gasteiger partial charge in [0.1, 0.15) is 0 Å². The van der Waals surface area contributed by atoms with E-state index in [2.05, 4.69) is 92.3 Å². The summed E-state index contributed by atoms with van der Waals surface area (Å²) in [5, 5.41) is 0. The Labute approximate surface area is 118 Å². The molecule has 1 aromatic rings. The van der Waals surface area contributed by atoms with Crippen LogP contribution < -0.4 is 0 Å². The molecule has 0 bridgehead atoms. The molecular weight excluding hydrogens is 504 g/mol. The van der Waals surface area contributed by atoms with Gasteiger partial charge in [0, 0.05) is 27.3 Å². The van der Waals surface area contributed by atoms with Gasteiger partial charge in [-0.1, -0.05) is 0 Å². The van der Waals surface area contributed by atoms with Gasteiger partial charge in [-0.25, -0.2) is 0 Å². The Balaban J connectivity index is 3.60. The number of thiol groups is 1. The molecule has 0 nitrogen and oxygen atoms in total. The minimum atomic E-state index is 0.858. The van der Waals surface area contributed by atoms with E-state index in [0.717, 1.165) is 27.3 Å². The number of halogens is 5. The van der Waals surface area contributed by atoms with E-state index in [1.165, 1.54) is 0 Å². The summed E-state index contributed by atoms with van der Waals surface area (Å²) < 4.78 is 4.70. The van der Waals surface area contributed by atoms with Crippen LogP contribution in [0.5, 0.6) is 0 Å². The van der Waals surface area contributed by atoms with Crippen molar-refractivity contribution in [3.8, 4) is 0 Å². The van der Waals surface area contributed by atoms with Gasteiger partial charge in [-0.3, -0.25) is 0 Å². The molecule has 0 aromatic heterocycles. The first-order chi connectivity index (χ1) is 5.46. The van der Waals surface area contributed by atoms with Crippen molar-refractivity contribution >= 4 is 92.3 Å². The second-order valence-corrected chi connectivity index (χ2v) is 6.33. The fourth-order valence-corrected chi connectivity index (χ4v) is 4.17. The smallest absolute Gasteiger partial charge is 0.0483 e. The summed E-state index contributed by atoms with van der Waals surface area (Å²) in [4.78, 5) is 0.858. The van der Waals surface area contributed by atoms with Gasteiger partial charge in [0.15, 0.2) is 0 Å². The van der Waals surface area contributed by atoms with Crippen molar-refractivity contribution in [2.45, 2.75) is 4.90 Å². The molecule has 0 fully saturated rings. The quantitative estimate of drug-likeness (QED) is 0.258. The van der Waals surface area contributed by atoms with Crippen LogP contribution in [-0.4, -0.2) is 0 Å². The zero-order valence-corrected chi connectivity index (χ0v) is 14.2.